The van der Waals surface area contributed by atoms with Crippen LogP contribution in [0.3, 0.4) is 0 Å². The molecule has 0 N–H and O–H groups in total. The number of benzene rings is 2. The zero-order valence-electron chi connectivity index (χ0n) is 18.1. The number of hydrogen-bond donors (Lipinski definition) is 0. The smallest absolute Gasteiger partial charge is 0.271 e. The Morgan fingerprint density at radius 3 is 2.58 bits per heavy atom. The molecule has 0 fully saturated rings. The number of fused-ring (bicyclic) bond motifs is 3. The van der Waals surface area contributed by atoms with E-state index in [4.69, 9.17) is 4.74 Å². The zero-order valence-corrected chi connectivity index (χ0v) is 18.1. The first-order valence-corrected chi connectivity index (χ1v) is 10.7. The van der Waals surface area contributed by atoms with Gasteiger partial charge in [-0.2, -0.15) is 0 Å². The highest BCUT2D eigenvalue weighted by Crippen LogP contribution is 2.33. The molecule has 160 valence electrons. The van der Waals surface area contributed by atoms with Gasteiger partial charge < -0.3 is 14.2 Å². The SMILES string of the molecule is C=CCCCC1CN(Cc2ccc(OC)cc2)C(=O)c2c(c3ccccc3n2C)C1=O. The molecule has 1 unspecified atom stereocenters. The second-order valence-corrected chi connectivity index (χ2v) is 8.11. The van der Waals surface area contributed by atoms with Crippen molar-refractivity contribution in [2.45, 2.75) is 25.8 Å². The molecule has 1 aromatic heterocycles. The summed E-state index contributed by atoms with van der Waals surface area (Å²) in [5.74, 6) is 0.527. The molecule has 0 aliphatic carbocycles. The second kappa shape index (κ2) is 8.80. The van der Waals surface area contributed by atoms with Crippen LogP contribution < -0.4 is 4.74 Å². The van der Waals surface area contributed by atoms with E-state index < -0.39 is 0 Å². The van der Waals surface area contributed by atoms with Crippen LogP contribution >= 0.6 is 0 Å². The number of carbonyl (C=O) groups is 2. The van der Waals surface area contributed by atoms with Gasteiger partial charge in [0.2, 0.25) is 0 Å². The number of Topliss-reactive ketones (excluding diaryl/α,β-unsaturated/α-hetero) is 1. The summed E-state index contributed by atoms with van der Waals surface area (Å²) in [6.45, 7) is 4.67. The van der Waals surface area contributed by atoms with Crippen molar-refractivity contribution >= 4 is 22.6 Å². The van der Waals surface area contributed by atoms with Crippen molar-refractivity contribution in [3.8, 4) is 5.75 Å². The van der Waals surface area contributed by atoms with Crippen LogP contribution in [0, 0.1) is 5.92 Å². The fourth-order valence-electron chi connectivity index (χ4n) is 4.50. The lowest BCUT2D eigenvalue weighted by atomic mass is 9.92. The van der Waals surface area contributed by atoms with Crippen molar-refractivity contribution in [2.75, 3.05) is 13.7 Å². The molecule has 1 aliphatic rings. The molecule has 0 spiro atoms. The van der Waals surface area contributed by atoms with Gasteiger partial charge in [-0.05, 0) is 43.0 Å². The lowest BCUT2D eigenvalue weighted by molar-refractivity contribution is 0.0700. The highest BCUT2D eigenvalue weighted by molar-refractivity contribution is 6.18. The molecule has 2 heterocycles. The third kappa shape index (κ3) is 3.88. The Kier molecular flexibility index (Phi) is 5.94. The average molecular weight is 417 g/mol. The number of rotatable bonds is 7. The van der Waals surface area contributed by atoms with Crippen molar-refractivity contribution < 1.29 is 14.3 Å². The molecular formula is C26H28N2O3. The topological polar surface area (TPSA) is 51.5 Å². The summed E-state index contributed by atoms with van der Waals surface area (Å²) >= 11 is 0. The predicted molar refractivity (Wildman–Crippen MR) is 123 cm³/mol. The highest BCUT2D eigenvalue weighted by Gasteiger charge is 2.37. The number of aromatic nitrogens is 1. The molecule has 31 heavy (non-hydrogen) atoms. The minimum Gasteiger partial charge on any atom is -0.497 e. The number of nitrogens with zero attached hydrogens (tertiary/aromatic N) is 2. The molecule has 1 amide bonds. The van der Waals surface area contributed by atoms with Gasteiger partial charge in [-0.15, -0.1) is 6.58 Å². The summed E-state index contributed by atoms with van der Waals surface area (Å²) in [5.41, 5.74) is 2.98. The summed E-state index contributed by atoms with van der Waals surface area (Å²) in [6.07, 6.45) is 4.36. The second-order valence-electron chi connectivity index (χ2n) is 8.11. The molecule has 3 aromatic rings. The molecule has 5 nitrogen and oxygen atoms in total. The predicted octanol–water partition coefficient (Wildman–Crippen LogP) is 5.00. The van der Waals surface area contributed by atoms with E-state index in [1.54, 1.807) is 7.11 Å². The Bertz CT molecular complexity index is 1130. The van der Waals surface area contributed by atoms with Crippen LogP contribution in [0.1, 0.15) is 45.7 Å². The van der Waals surface area contributed by atoms with Crippen LogP contribution in [0.2, 0.25) is 0 Å². The van der Waals surface area contributed by atoms with Gasteiger partial charge in [0, 0.05) is 37.0 Å². The number of carbonyl (C=O) groups excluding carboxylic acids is 2. The number of unbranched alkanes of at least 4 members (excludes halogenated alkanes) is 1. The van der Waals surface area contributed by atoms with E-state index in [1.807, 2.05) is 71.1 Å². The van der Waals surface area contributed by atoms with Crippen LogP contribution in [0.4, 0.5) is 0 Å². The average Bonchev–Trinajstić information content (AvgIpc) is 3.04. The molecule has 0 saturated heterocycles. The fourth-order valence-corrected chi connectivity index (χ4v) is 4.50. The van der Waals surface area contributed by atoms with Crippen molar-refractivity contribution in [1.29, 1.82) is 0 Å². The molecule has 0 saturated carbocycles. The van der Waals surface area contributed by atoms with Crippen LogP contribution in [-0.4, -0.2) is 34.8 Å². The first-order chi connectivity index (χ1) is 15.0. The van der Waals surface area contributed by atoms with E-state index in [1.165, 1.54) is 0 Å². The monoisotopic (exact) mass is 416 g/mol. The summed E-state index contributed by atoms with van der Waals surface area (Å²) < 4.78 is 7.12. The zero-order chi connectivity index (χ0) is 22.0. The Hall–Kier alpha value is -3.34. The van der Waals surface area contributed by atoms with E-state index in [0.29, 0.717) is 24.3 Å². The standard InChI is InChI=1S/C26H28N2O3/c1-4-5-6-9-19-17-28(16-18-12-14-20(31-3)15-13-18)26(30)24-23(25(19)29)21-10-7-8-11-22(21)27(24)2/h4,7-8,10-15,19H,1,5-6,9,16-17H2,2-3H3. The minimum atomic E-state index is -0.228. The third-order valence-electron chi connectivity index (χ3n) is 6.15. The number of hydrogen-bond acceptors (Lipinski definition) is 3. The van der Waals surface area contributed by atoms with E-state index in [9.17, 15) is 9.59 Å². The Morgan fingerprint density at radius 1 is 1.13 bits per heavy atom. The molecule has 1 aliphatic heterocycles. The molecule has 2 aromatic carbocycles. The minimum absolute atomic E-state index is 0.0708. The molecule has 5 heteroatoms. The summed E-state index contributed by atoms with van der Waals surface area (Å²) in [7, 11) is 3.50. The third-order valence-corrected chi connectivity index (χ3v) is 6.15. The molecular weight excluding hydrogens is 388 g/mol. The number of methoxy groups -OCH3 is 1. The van der Waals surface area contributed by atoms with E-state index >= 15 is 0 Å². The van der Waals surface area contributed by atoms with Crippen LogP contribution in [0.5, 0.6) is 5.75 Å². The van der Waals surface area contributed by atoms with Crippen molar-refractivity contribution in [3.63, 3.8) is 0 Å². The highest BCUT2D eigenvalue weighted by atomic mass is 16.5. The van der Waals surface area contributed by atoms with E-state index in [2.05, 4.69) is 6.58 Å². The van der Waals surface area contributed by atoms with Crippen molar-refractivity contribution in [1.82, 2.24) is 9.47 Å². The number of aryl methyl sites for hydroxylation is 1. The van der Waals surface area contributed by atoms with E-state index in [0.717, 1.165) is 41.5 Å². The molecule has 0 bridgehead atoms. The van der Waals surface area contributed by atoms with Crippen LogP contribution in [0.15, 0.2) is 61.2 Å². The number of amides is 1. The number of para-hydroxylation sites is 1. The number of allylic oxidation sites excluding steroid dienone is 1. The maximum atomic E-state index is 13.7. The summed E-state index contributed by atoms with van der Waals surface area (Å²) in [4.78, 5) is 29.2. The number of ether oxygens (including phenoxy) is 1. The van der Waals surface area contributed by atoms with Gasteiger partial charge in [-0.1, -0.05) is 36.4 Å². The van der Waals surface area contributed by atoms with Gasteiger partial charge in [0.05, 0.1) is 12.7 Å². The van der Waals surface area contributed by atoms with Crippen molar-refractivity contribution in [2.24, 2.45) is 13.0 Å². The normalized spacial score (nSPS) is 16.3. The lowest BCUT2D eigenvalue weighted by Gasteiger charge is -2.25. The summed E-state index contributed by atoms with van der Waals surface area (Å²) in [5, 5.41) is 0.860. The molecule has 0 radical (unpaired) electrons. The van der Waals surface area contributed by atoms with Gasteiger partial charge in [-0.3, -0.25) is 9.59 Å². The Labute approximate surface area is 182 Å². The van der Waals surface area contributed by atoms with Gasteiger partial charge in [0.1, 0.15) is 11.4 Å². The fraction of sp³-hybridized carbons (Fsp3) is 0.308. The van der Waals surface area contributed by atoms with Crippen LogP contribution in [-0.2, 0) is 13.6 Å². The maximum absolute atomic E-state index is 13.7. The lowest BCUT2D eigenvalue weighted by Crippen LogP contribution is -2.35. The first-order valence-electron chi connectivity index (χ1n) is 10.7. The molecule has 1 atom stereocenters. The largest absolute Gasteiger partial charge is 0.497 e. The first kappa shape index (κ1) is 20.9. The van der Waals surface area contributed by atoms with Gasteiger partial charge in [-0.25, -0.2) is 0 Å². The van der Waals surface area contributed by atoms with Crippen LogP contribution in [0.25, 0.3) is 10.9 Å². The Balaban J connectivity index is 1.77. The van der Waals surface area contributed by atoms with Gasteiger partial charge in [0.25, 0.3) is 5.91 Å². The number of ketones is 1. The van der Waals surface area contributed by atoms with Gasteiger partial charge >= 0.3 is 0 Å². The maximum Gasteiger partial charge on any atom is 0.271 e. The summed E-state index contributed by atoms with van der Waals surface area (Å²) in [6, 6.07) is 15.5. The van der Waals surface area contributed by atoms with Gasteiger partial charge in [0.15, 0.2) is 5.78 Å². The van der Waals surface area contributed by atoms with E-state index in [-0.39, 0.29) is 17.6 Å². The Morgan fingerprint density at radius 2 is 1.87 bits per heavy atom. The molecule has 4 rings (SSSR count). The van der Waals surface area contributed by atoms with Crippen molar-refractivity contribution in [3.05, 3.63) is 78.0 Å². The quantitative estimate of drug-likeness (QED) is 0.402.